The van der Waals surface area contributed by atoms with Gasteiger partial charge in [-0.15, -0.1) is 11.8 Å². The van der Waals surface area contributed by atoms with Crippen LogP contribution in [-0.2, 0) is 11.2 Å². The van der Waals surface area contributed by atoms with Gasteiger partial charge in [-0.25, -0.2) is 4.39 Å². The molecule has 0 saturated carbocycles. The van der Waals surface area contributed by atoms with Gasteiger partial charge in [-0.1, -0.05) is 36.4 Å². The highest BCUT2D eigenvalue weighted by atomic mass is 32.2. The average molecular weight is 421 g/mol. The van der Waals surface area contributed by atoms with E-state index >= 15 is 0 Å². The van der Waals surface area contributed by atoms with Crippen molar-refractivity contribution in [3.05, 3.63) is 89.2 Å². The lowest BCUT2D eigenvalue weighted by Gasteiger charge is -2.17. The van der Waals surface area contributed by atoms with E-state index in [4.69, 9.17) is 0 Å². The highest BCUT2D eigenvalue weighted by molar-refractivity contribution is 8.00. The summed E-state index contributed by atoms with van der Waals surface area (Å²) < 4.78 is 13.8. The molecule has 4 rings (SSSR count). The fourth-order valence-corrected chi connectivity index (χ4v) is 4.39. The summed E-state index contributed by atoms with van der Waals surface area (Å²) in [6, 6.07) is 19.7. The number of hydrogen-bond donors (Lipinski definition) is 1. The van der Waals surface area contributed by atoms with Crippen LogP contribution in [0.25, 0.3) is 0 Å². The SMILES string of the molecule is Cc1ccc(NC(=O)c2ccccc2SCC(=O)N2CCc3ccccc32)cc1F. The number of para-hydroxylation sites is 1. The molecule has 1 aliphatic rings. The lowest BCUT2D eigenvalue weighted by atomic mass is 10.2. The number of nitrogens with zero attached hydrogens (tertiary/aromatic N) is 1. The van der Waals surface area contributed by atoms with Crippen LogP contribution in [0.4, 0.5) is 15.8 Å². The van der Waals surface area contributed by atoms with Crippen LogP contribution in [-0.4, -0.2) is 24.1 Å². The fraction of sp³-hybridized carbons (Fsp3) is 0.167. The molecule has 1 heterocycles. The normalized spacial score (nSPS) is 12.5. The van der Waals surface area contributed by atoms with Crippen LogP contribution in [0.15, 0.2) is 71.6 Å². The molecule has 3 aromatic carbocycles. The van der Waals surface area contributed by atoms with Gasteiger partial charge in [-0.05, 0) is 54.8 Å². The smallest absolute Gasteiger partial charge is 0.256 e. The first-order valence-corrected chi connectivity index (χ1v) is 10.7. The molecule has 0 aromatic heterocycles. The Morgan fingerprint density at radius 2 is 1.83 bits per heavy atom. The minimum atomic E-state index is -0.369. The van der Waals surface area contributed by atoms with E-state index in [1.54, 1.807) is 36.1 Å². The molecule has 30 heavy (non-hydrogen) atoms. The monoisotopic (exact) mass is 420 g/mol. The second kappa shape index (κ2) is 8.71. The Labute approximate surface area is 179 Å². The molecule has 0 atom stereocenters. The van der Waals surface area contributed by atoms with Crippen LogP contribution in [0, 0.1) is 12.7 Å². The van der Waals surface area contributed by atoms with Crippen molar-refractivity contribution in [3.8, 4) is 0 Å². The molecule has 0 radical (unpaired) electrons. The molecule has 0 fully saturated rings. The Balaban J connectivity index is 1.45. The Morgan fingerprint density at radius 1 is 1.07 bits per heavy atom. The van der Waals surface area contributed by atoms with E-state index in [-0.39, 0.29) is 23.4 Å². The number of hydrogen-bond acceptors (Lipinski definition) is 3. The van der Waals surface area contributed by atoms with Gasteiger partial charge in [0.15, 0.2) is 0 Å². The zero-order chi connectivity index (χ0) is 21.1. The van der Waals surface area contributed by atoms with Gasteiger partial charge in [0.25, 0.3) is 5.91 Å². The van der Waals surface area contributed by atoms with Gasteiger partial charge in [0.2, 0.25) is 5.91 Å². The molecule has 0 unspecified atom stereocenters. The van der Waals surface area contributed by atoms with Crippen molar-refractivity contribution >= 4 is 35.0 Å². The van der Waals surface area contributed by atoms with Crippen molar-refractivity contribution in [2.45, 2.75) is 18.2 Å². The predicted molar refractivity (Wildman–Crippen MR) is 119 cm³/mol. The molecule has 152 valence electrons. The third-order valence-corrected chi connectivity index (χ3v) is 6.16. The minimum Gasteiger partial charge on any atom is -0.322 e. The summed E-state index contributed by atoms with van der Waals surface area (Å²) in [6.07, 6.45) is 0.860. The van der Waals surface area contributed by atoms with Crippen LogP contribution in [0.5, 0.6) is 0 Å². The summed E-state index contributed by atoms with van der Waals surface area (Å²) >= 11 is 1.34. The van der Waals surface area contributed by atoms with Crippen LogP contribution >= 0.6 is 11.8 Å². The minimum absolute atomic E-state index is 0.0146. The zero-order valence-electron chi connectivity index (χ0n) is 16.5. The molecule has 2 amide bonds. The maximum absolute atomic E-state index is 13.8. The number of carbonyl (C=O) groups is 2. The number of nitrogens with one attached hydrogen (secondary N) is 1. The van der Waals surface area contributed by atoms with Crippen molar-refractivity contribution in [1.82, 2.24) is 0 Å². The standard InChI is InChI=1S/C24H21FN2O2S/c1-16-10-11-18(14-20(16)25)26-24(29)19-7-3-5-9-22(19)30-15-23(28)27-13-12-17-6-2-4-8-21(17)27/h2-11,14H,12-13,15H2,1H3,(H,26,29). The third-order valence-electron chi connectivity index (χ3n) is 5.10. The van der Waals surface area contributed by atoms with E-state index in [1.165, 1.54) is 23.4 Å². The van der Waals surface area contributed by atoms with Crippen molar-refractivity contribution in [2.24, 2.45) is 0 Å². The number of aryl methyl sites for hydroxylation is 1. The Kier molecular flexibility index (Phi) is 5.86. The number of rotatable bonds is 5. The van der Waals surface area contributed by atoms with E-state index in [9.17, 15) is 14.0 Å². The molecule has 0 saturated heterocycles. The highest BCUT2D eigenvalue weighted by Crippen LogP contribution is 2.30. The molecular formula is C24H21FN2O2S. The van der Waals surface area contributed by atoms with E-state index in [0.29, 0.717) is 28.3 Å². The summed E-state index contributed by atoms with van der Waals surface area (Å²) in [5, 5.41) is 2.73. The molecule has 4 nitrogen and oxygen atoms in total. The van der Waals surface area contributed by atoms with Gasteiger partial charge in [-0.2, -0.15) is 0 Å². The first-order valence-electron chi connectivity index (χ1n) is 9.70. The van der Waals surface area contributed by atoms with Gasteiger partial charge in [0, 0.05) is 22.8 Å². The Bertz CT molecular complexity index is 1120. The topological polar surface area (TPSA) is 49.4 Å². The zero-order valence-corrected chi connectivity index (χ0v) is 17.3. The third kappa shape index (κ3) is 4.24. The maximum atomic E-state index is 13.8. The van der Waals surface area contributed by atoms with Crippen LogP contribution in [0.3, 0.4) is 0 Å². The molecule has 1 N–H and O–H groups in total. The van der Waals surface area contributed by atoms with Crippen LogP contribution < -0.4 is 10.2 Å². The van der Waals surface area contributed by atoms with Crippen LogP contribution in [0.1, 0.15) is 21.5 Å². The first kappa shape index (κ1) is 20.2. The molecule has 0 bridgehead atoms. The Morgan fingerprint density at radius 3 is 2.67 bits per heavy atom. The van der Waals surface area contributed by atoms with Gasteiger partial charge >= 0.3 is 0 Å². The number of amides is 2. The quantitative estimate of drug-likeness (QED) is 0.587. The van der Waals surface area contributed by atoms with Crippen molar-refractivity contribution in [3.63, 3.8) is 0 Å². The molecule has 1 aliphatic heterocycles. The van der Waals surface area contributed by atoms with Crippen LogP contribution in [0.2, 0.25) is 0 Å². The van der Waals surface area contributed by atoms with E-state index < -0.39 is 0 Å². The summed E-state index contributed by atoms with van der Waals surface area (Å²) in [6.45, 7) is 2.35. The van der Waals surface area contributed by atoms with Gasteiger partial charge < -0.3 is 10.2 Å². The number of anilines is 2. The lowest BCUT2D eigenvalue weighted by molar-refractivity contribution is -0.116. The summed E-state index contributed by atoms with van der Waals surface area (Å²) in [7, 11) is 0. The maximum Gasteiger partial charge on any atom is 0.256 e. The second-order valence-corrected chi connectivity index (χ2v) is 8.14. The lowest BCUT2D eigenvalue weighted by Crippen LogP contribution is -2.30. The number of benzene rings is 3. The molecule has 0 aliphatic carbocycles. The number of carbonyl (C=O) groups excluding carboxylic acids is 2. The molecule has 0 spiro atoms. The average Bonchev–Trinajstić information content (AvgIpc) is 3.19. The second-order valence-electron chi connectivity index (χ2n) is 7.13. The largest absolute Gasteiger partial charge is 0.322 e. The summed E-state index contributed by atoms with van der Waals surface area (Å²) in [5.74, 6) is -0.453. The predicted octanol–water partition coefficient (Wildman–Crippen LogP) is 5.07. The van der Waals surface area contributed by atoms with Gasteiger partial charge in [-0.3, -0.25) is 9.59 Å². The molecule has 3 aromatic rings. The molecule has 6 heteroatoms. The van der Waals surface area contributed by atoms with Crippen molar-refractivity contribution in [1.29, 1.82) is 0 Å². The van der Waals surface area contributed by atoms with Gasteiger partial charge in [0.1, 0.15) is 5.82 Å². The van der Waals surface area contributed by atoms with Crippen molar-refractivity contribution in [2.75, 3.05) is 22.5 Å². The number of thioether (sulfide) groups is 1. The van der Waals surface area contributed by atoms with E-state index in [1.807, 2.05) is 36.4 Å². The number of fused-ring (bicyclic) bond motifs is 1. The summed E-state index contributed by atoms with van der Waals surface area (Å²) in [4.78, 5) is 28.1. The van der Waals surface area contributed by atoms with Gasteiger partial charge in [0.05, 0.1) is 11.3 Å². The van der Waals surface area contributed by atoms with E-state index in [0.717, 1.165) is 12.1 Å². The summed E-state index contributed by atoms with van der Waals surface area (Å²) in [5.41, 5.74) is 3.52. The number of halogens is 1. The first-order chi connectivity index (χ1) is 14.5. The Hall–Kier alpha value is -3.12. The highest BCUT2D eigenvalue weighted by Gasteiger charge is 2.24. The molecular weight excluding hydrogens is 399 g/mol. The fourth-order valence-electron chi connectivity index (χ4n) is 3.46. The van der Waals surface area contributed by atoms with E-state index in [2.05, 4.69) is 5.32 Å². The van der Waals surface area contributed by atoms with Crippen molar-refractivity contribution < 1.29 is 14.0 Å².